The van der Waals surface area contributed by atoms with Gasteiger partial charge in [0.25, 0.3) is 5.56 Å². The Balaban J connectivity index is 1.95. The third-order valence-electron chi connectivity index (χ3n) is 5.88. The molecular weight excluding hydrogens is 364 g/mol. The van der Waals surface area contributed by atoms with Crippen LogP contribution in [-0.4, -0.2) is 38.9 Å². The van der Waals surface area contributed by atoms with Crippen molar-refractivity contribution in [1.82, 2.24) is 25.1 Å². The Hall–Kier alpha value is -1.89. The van der Waals surface area contributed by atoms with E-state index in [1.165, 1.54) is 0 Å². The lowest BCUT2D eigenvalue weighted by Gasteiger charge is -2.33. The predicted molar refractivity (Wildman–Crippen MR) is 120 cm³/mol. The van der Waals surface area contributed by atoms with Gasteiger partial charge in [-0.3, -0.25) is 14.5 Å². The first-order valence-corrected chi connectivity index (χ1v) is 10.9. The normalized spacial score (nSPS) is 17.6. The maximum atomic E-state index is 12.8. The number of nitrogens with one attached hydrogen (secondary N) is 3. The summed E-state index contributed by atoms with van der Waals surface area (Å²) in [5, 5.41) is 11.7. The van der Waals surface area contributed by atoms with Crippen LogP contribution < -0.4 is 16.2 Å². The number of hydrogen-bond acceptors (Lipinski definition) is 5. The number of aryl methyl sites for hydroxylation is 1. The Morgan fingerprint density at radius 3 is 2.41 bits per heavy atom. The molecule has 1 atom stereocenters. The molecule has 0 aromatic carbocycles. The topological polar surface area (TPSA) is 87.6 Å². The molecule has 3 N–H and O–H groups in total. The minimum Gasteiger partial charge on any atom is -0.353 e. The van der Waals surface area contributed by atoms with Gasteiger partial charge in [0.15, 0.2) is 5.52 Å². The molecule has 1 aliphatic heterocycles. The van der Waals surface area contributed by atoms with Gasteiger partial charge in [0.2, 0.25) is 5.95 Å². The van der Waals surface area contributed by atoms with Gasteiger partial charge in [0.05, 0.1) is 5.69 Å². The lowest BCUT2D eigenvalue weighted by atomic mass is 9.82. The summed E-state index contributed by atoms with van der Waals surface area (Å²) in [5.74, 6) is 1.15. The second-order valence-corrected chi connectivity index (χ2v) is 10.8. The van der Waals surface area contributed by atoms with Gasteiger partial charge in [-0.25, -0.2) is 4.98 Å². The Morgan fingerprint density at radius 2 is 1.83 bits per heavy atom. The molecule has 1 aliphatic rings. The molecule has 2 aromatic heterocycles. The van der Waals surface area contributed by atoms with Crippen molar-refractivity contribution in [3.63, 3.8) is 0 Å². The van der Waals surface area contributed by atoms with Crippen molar-refractivity contribution >= 4 is 17.0 Å². The summed E-state index contributed by atoms with van der Waals surface area (Å²) in [5.41, 5.74) is 2.05. The third-order valence-corrected chi connectivity index (χ3v) is 5.88. The molecule has 0 amide bonds. The molecule has 1 fully saturated rings. The van der Waals surface area contributed by atoms with Crippen LogP contribution in [0.1, 0.15) is 72.9 Å². The molecule has 0 aliphatic carbocycles. The summed E-state index contributed by atoms with van der Waals surface area (Å²) in [6.07, 6.45) is 4.49. The molecule has 1 unspecified atom stereocenters. The van der Waals surface area contributed by atoms with Crippen LogP contribution in [0, 0.1) is 11.3 Å². The third kappa shape index (κ3) is 5.18. The Bertz CT molecular complexity index is 893. The molecule has 0 saturated carbocycles. The van der Waals surface area contributed by atoms with E-state index >= 15 is 0 Å². The van der Waals surface area contributed by atoms with E-state index in [2.05, 4.69) is 62.3 Å². The molecule has 7 nitrogen and oxygen atoms in total. The second kappa shape index (κ2) is 8.09. The fraction of sp³-hybridized carbons (Fsp3) is 0.773. The molecule has 162 valence electrons. The molecule has 3 heterocycles. The minimum absolute atomic E-state index is 0.136. The molecule has 3 rings (SSSR count). The summed E-state index contributed by atoms with van der Waals surface area (Å²) in [6.45, 7) is 15.3. The fourth-order valence-corrected chi connectivity index (χ4v) is 4.19. The van der Waals surface area contributed by atoms with Gasteiger partial charge in [0, 0.05) is 18.5 Å². The Labute approximate surface area is 174 Å². The van der Waals surface area contributed by atoms with E-state index in [9.17, 15) is 4.79 Å². The van der Waals surface area contributed by atoms with E-state index in [1.807, 2.05) is 7.05 Å². The second-order valence-electron chi connectivity index (χ2n) is 10.8. The molecule has 29 heavy (non-hydrogen) atoms. The van der Waals surface area contributed by atoms with Gasteiger partial charge in [-0.1, -0.05) is 41.5 Å². The maximum absolute atomic E-state index is 12.8. The number of piperidine rings is 1. The summed E-state index contributed by atoms with van der Waals surface area (Å²) < 4.78 is 1.65. The van der Waals surface area contributed by atoms with Crippen molar-refractivity contribution in [1.29, 1.82) is 0 Å². The van der Waals surface area contributed by atoms with Gasteiger partial charge < -0.3 is 10.6 Å². The van der Waals surface area contributed by atoms with Crippen LogP contribution in [0.15, 0.2) is 4.79 Å². The van der Waals surface area contributed by atoms with Gasteiger partial charge in [-0.15, -0.1) is 0 Å². The molecule has 2 aromatic rings. The number of H-pyrrole nitrogens is 1. The number of aromatic amines is 1. The van der Waals surface area contributed by atoms with Gasteiger partial charge in [-0.2, -0.15) is 5.10 Å². The van der Waals surface area contributed by atoms with Crippen molar-refractivity contribution in [3.05, 3.63) is 16.0 Å². The van der Waals surface area contributed by atoms with E-state index in [1.54, 1.807) is 4.68 Å². The standard InChI is InChI=1S/C22H38N6O/c1-21(2,3)11-8-15(14-9-12-23-13-10-14)24-20-25-16-17(19(29)26-20)28(7)27-18(16)22(4,5)6/h14-15,23H,8-13H2,1-7H3,(H2,24,25,26,29). The summed E-state index contributed by atoms with van der Waals surface area (Å²) in [6, 6.07) is 0.298. The molecule has 0 radical (unpaired) electrons. The van der Waals surface area contributed by atoms with Crippen LogP contribution in [0.4, 0.5) is 5.95 Å². The lowest BCUT2D eigenvalue weighted by Crippen LogP contribution is -2.39. The van der Waals surface area contributed by atoms with Gasteiger partial charge in [-0.05, 0) is 50.1 Å². The Kier molecular flexibility index (Phi) is 6.08. The zero-order valence-corrected chi connectivity index (χ0v) is 19.1. The average Bonchev–Trinajstić information content (AvgIpc) is 2.96. The molecule has 0 bridgehead atoms. The smallest absolute Gasteiger partial charge is 0.278 e. The van der Waals surface area contributed by atoms with E-state index in [-0.39, 0.29) is 16.4 Å². The van der Waals surface area contributed by atoms with Crippen molar-refractivity contribution in [3.8, 4) is 0 Å². The monoisotopic (exact) mass is 402 g/mol. The SMILES string of the molecule is Cn1nc(C(C)(C)C)c2nc(NC(CCC(C)(C)C)C3CCNCC3)[nH]c(=O)c21. The number of nitrogens with zero attached hydrogens (tertiary/aromatic N) is 3. The number of anilines is 1. The van der Waals surface area contributed by atoms with E-state index in [4.69, 9.17) is 4.98 Å². The van der Waals surface area contributed by atoms with Gasteiger partial charge in [0.1, 0.15) is 5.52 Å². The first-order chi connectivity index (χ1) is 13.5. The highest BCUT2D eigenvalue weighted by molar-refractivity contribution is 5.78. The minimum atomic E-state index is -0.182. The van der Waals surface area contributed by atoms with Crippen molar-refractivity contribution in [2.75, 3.05) is 18.4 Å². The lowest BCUT2D eigenvalue weighted by molar-refractivity contribution is 0.281. The number of aromatic nitrogens is 4. The number of fused-ring (bicyclic) bond motifs is 1. The van der Waals surface area contributed by atoms with Crippen molar-refractivity contribution < 1.29 is 0 Å². The Morgan fingerprint density at radius 1 is 1.17 bits per heavy atom. The first-order valence-electron chi connectivity index (χ1n) is 10.9. The van der Waals surface area contributed by atoms with E-state index in [0.717, 1.165) is 44.5 Å². The molecule has 7 heteroatoms. The van der Waals surface area contributed by atoms with E-state index < -0.39 is 0 Å². The highest BCUT2D eigenvalue weighted by Crippen LogP contribution is 2.30. The number of rotatable bonds is 5. The predicted octanol–water partition coefficient (Wildman–Crippen LogP) is 3.56. The van der Waals surface area contributed by atoms with E-state index in [0.29, 0.717) is 28.9 Å². The van der Waals surface area contributed by atoms with Crippen LogP contribution in [-0.2, 0) is 12.5 Å². The summed E-state index contributed by atoms with van der Waals surface area (Å²) in [4.78, 5) is 20.6. The summed E-state index contributed by atoms with van der Waals surface area (Å²) >= 11 is 0. The maximum Gasteiger partial charge on any atom is 0.278 e. The van der Waals surface area contributed by atoms with Crippen LogP contribution in [0.2, 0.25) is 0 Å². The largest absolute Gasteiger partial charge is 0.353 e. The molecule has 0 spiro atoms. The van der Waals surface area contributed by atoms with Crippen LogP contribution in [0.25, 0.3) is 11.0 Å². The zero-order chi connectivity index (χ0) is 21.4. The molecular formula is C22H38N6O. The highest BCUT2D eigenvalue weighted by Gasteiger charge is 2.28. The number of hydrogen-bond donors (Lipinski definition) is 3. The van der Waals surface area contributed by atoms with Crippen LogP contribution in [0.5, 0.6) is 0 Å². The first kappa shape index (κ1) is 21.8. The van der Waals surface area contributed by atoms with Crippen LogP contribution >= 0.6 is 0 Å². The molecule has 1 saturated heterocycles. The van der Waals surface area contributed by atoms with Gasteiger partial charge >= 0.3 is 0 Å². The quantitative estimate of drug-likeness (QED) is 0.712. The average molecular weight is 403 g/mol. The highest BCUT2D eigenvalue weighted by atomic mass is 16.1. The van der Waals surface area contributed by atoms with Crippen molar-refractivity contribution in [2.45, 2.75) is 78.7 Å². The zero-order valence-electron chi connectivity index (χ0n) is 19.1. The fourth-order valence-electron chi connectivity index (χ4n) is 4.19. The van der Waals surface area contributed by atoms with Crippen molar-refractivity contribution in [2.24, 2.45) is 18.4 Å². The van der Waals surface area contributed by atoms with Crippen LogP contribution in [0.3, 0.4) is 0 Å². The summed E-state index contributed by atoms with van der Waals surface area (Å²) in [7, 11) is 1.81.